The maximum Gasteiger partial charge on any atom is 0.227 e. The van der Waals surface area contributed by atoms with Gasteiger partial charge in [-0.05, 0) is 30.5 Å². The number of carbonyl (C=O) groups is 1. The topological polar surface area (TPSA) is 55.1 Å². The third-order valence-corrected chi connectivity index (χ3v) is 3.80. The number of benzene rings is 1. The molecule has 106 valence electrons. The lowest BCUT2D eigenvalue weighted by molar-refractivity contribution is -0.120. The molecule has 3 nitrogen and oxygen atoms in total. The molecule has 0 bridgehead atoms. The number of hydrogen-bond donors (Lipinski definition) is 2. The van der Waals surface area contributed by atoms with Crippen molar-refractivity contribution in [2.24, 2.45) is 11.7 Å². The van der Waals surface area contributed by atoms with Crippen LogP contribution in [0.5, 0.6) is 0 Å². The molecule has 0 aliphatic carbocycles. The quantitative estimate of drug-likeness (QED) is 0.826. The lowest BCUT2D eigenvalue weighted by Gasteiger charge is -2.23. The Hall–Kier alpha value is -1.35. The second-order valence-corrected chi connectivity index (χ2v) is 5.67. The Bertz CT molecular complexity index is 405. The van der Waals surface area contributed by atoms with Gasteiger partial charge < -0.3 is 11.1 Å². The number of anilines is 1. The summed E-state index contributed by atoms with van der Waals surface area (Å²) >= 11 is 0. The summed E-state index contributed by atoms with van der Waals surface area (Å²) in [6.07, 6.45) is 1.75. The van der Waals surface area contributed by atoms with E-state index in [-0.39, 0.29) is 17.2 Å². The molecular weight excluding hydrogens is 236 g/mol. The summed E-state index contributed by atoms with van der Waals surface area (Å²) in [4.78, 5) is 12.0. The molecule has 1 rings (SSSR count). The first-order chi connectivity index (χ1) is 8.94. The summed E-state index contributed by atoms with van der Waals surface area (Å²) < 4.78 is 0. The van der Waals surface area contributed by atoms with E-state index in [0.29, 0.717) is 6.54 Å². The van der Waals surface area contributed by atoms with Gasteiger partial charge in [-0.25, -0.2) is 0 Å². The predicted octanol–water partition coefficient (Wildman–Crippen LogP) is 3.30. The normalized spacial score (nSPS) is 11.7. The van der Waals surface area contributed by atoms with Gasteiger partial charge in [0.15, 0.2) is 0 Å². The van der Waals surface area contributed by atoms with Crippen molar-refractivity contribution >= 4 is 11.6 Å². The maximum absolute atomic E-state index is 12.0. The van der Waals surface area contributed by atoms with Crippen LogP contribution in [0.2, 0.25) is 0 Å². The molecule has 0 atom stereocenters. The molecule has 0 saturated heterocycles. The van der Waals surface area contributed by atoms with Gasteiger partial charge >= 0.3 is 0 Å². The lowest BCUT2D eigenvalue weighted by Crippen LogP contribution is -2.28. The van der Waals surface area contributed by atoms with E-state index >= 15 is 0 Å². The van der Waals surface area contributed by atoms with Crippen LogP contribution >= 0.6 is 0 Å². The maximum atomic E-state index is 12.0. The molecule has 3 N–H and O–H groups in total. The summed E-state index contributed by atoms with van der Waals surface area (Å²) in [6.45, 7) is 8.92. The van der Waals surface area contributed by atoms with Crippen molar-refractivity contribution < 1.29 is 4.79 Å². The summed E-state index contributed by atoms with van der Waals surface area (Å²) in [5, 5.41) is 2.97. The molecule has 1 aromatic rings. The van der Waals surface area contributed by atoms with Crippen molar-refractivity contribution in [1.29, 1.82) is 0 Å². The van der Waals surface area contributed by atoms with Crippen LogP contribution in [0.25, 0.3) is 0 Å². The Labute approximate surface area is 116 Å². The van der Waals surface area contributed by atoms with Gasteiger partial charge in [-0.3, -0.25) is 4.79 Å². The molecule has 0 unspecified atom stereocenters. The third-order valence-electron chi connectivity index (χ3n) is 3.80. The van der Waals surface area contributed by atoms with E-state index in [9.17, 15) is 4.79 Å². The Morgan fingerprint density at radius 1 is 1.21 bits per heavy atom. The third kappa shape index (κ3) is 4.06. The minimum absolute atomic E-state index is 0.0298. The molecule has 1 aromatic carbocycles. The van der Waals surface area contributed by atoms with Crippen molar-refractivity contribution in [3.05, 3.63) is 29.8 Å². The number of rotatable bonds is 6. The highest BCUT2D eigenvalue weighted by molar-refractivity contribution is 5.92. The first-order valence-electron chi connectivity index (χ1n) is 7.06. The Kier molecular flexibility index (Phi) is 5.55. The summed E-state index contributed by atoms with van der Waals surface area (Å²) in [7, 11) is 0. The molecule has 1 amide bonds. The van der Waals surface area contributed by atoms with Gasteiger partial charge in [0.25, 0.3) is 0 Å². The first kappa shape index (κ1) is 15.7. The highest BCUT2D eigenvalue weighted by Gasteiger charge is 2.18. The van der Waals surface area contributed by atoms with Crippen LogP contribution in [0.1, 0.15) is 46.1 Å². The van der Waals surface area contributed by atoms with E-state index in [1.54, 1.807) is 0 Å². The van der Waals surface area contributed by atoms with E-state index < -0.39 is 0 Å². The second-order valence-electron chi connectivity index (χ2n) is 5.67. The van der Waals surface area contributed by atoms with Gasteiger partial charge in [0.2, 0.25) is 5.91 Å². The molecule has 3 heteroatoms. The zero-order valence-corrected chi connectivity index (χ0v) is 12.5. The zero-order chi connectivity index (χ0) is 14.5. The largest absolute Gasteiger partial charge is 0.330 e. The average Bonchev–Trinajstić information content (AvgIpc) is 2.40. The zero-order valence-electron chi connectivity index (χ0n) is 12.5. The van der Waals surface area contributed by atoms with Crippen LogP contribution in [0, 0.1) is 5.92 Å². The van der Waals surface area contributed by atoms with Gasteiger partial charge in [0.1, 0.15) is 0 Å². The molecule has 0 heterocycles. The van der Waals surface area contributed by atoms with Gasteiger partial charge in [-0.1, -0.05) is 39.8 Å². The molecule has 19 heavy (non-hydrogen) atoms. The molecule has 0 aliphatic rings. The summed E-state index contributed by atoms with van der Waals surface area (Å²) in [6, 6.07) is 7.98. The Morgan fingerprint density at radius 3 is 2.16 bits per heavy atom. The molecule has 0 aromatic heterocycles. The number of amides is 1. The van der Waals surface area contributed by atoms with Gasteiger partial charge in [0, 0.05) is 23.6 Å². The van der Waals surface area contributed by atoms with Gasteiger partial charge in [-0.2, -0.15) is 0 Å². The molecule has 0 radical (unpaired) electrons. The van der Waals surface area contributed by atoms with Crippen molar-refractivity contribution in [2.75, 3.05) is 11.9 Å². The standard InChI is InChI=1S/C16H26N2O/c1-5-12(6-2)15(19)18-14-9-7-13(8-10-14)16(3,4)11-17/h7-10,12H,5-6,11,17H2,1-4H3,(H,18,19). The fraction of sp³-hybridized carbons (Fsp3) is 0.562. The number of hydrogen-bond acceptors (Lipinski definition) is 2. The van der Waals surface area contributed by atoms with E-state index in [4.69, 9.17) is 5.73 Å². The fourth-order valence-electron chi connectivity index (χ4n) is 2.03. The van der Waals surface area contributed by atoms with Crippen LogP contribution in [0.4, 0.5) is 5.69 Å². The van der Waals surface area contributed by atoms with Gasteiger partial charge in [0.05, 0.1) is 0 Å². The second kappa shape index (κ2) is 6.71. The van der Waals surface area contributed by atoms with Gasteiger partial charge in [-0.15, -0.1) is 0 Å². The molecule has 0 fully saturated rings. The Morgan fingerprint density at radius 2 is 1.74 bits per heavy atom. The lowest BCUT2D eigenvalue weighted by atomic mass is 9.85. The monoisotopic (exact) mass is 262 g/mol. The van der Waals surface area contributed by atoms with Crippen LogP contribution in [-0.2, 0) is 10.2 Å². The summed E-state index contributed by atoms with van der Waals surface area (Å²) in [5.74, 6) is 0.205. The van der Waals surface area contributed by atoms with Crippen LogP contribution in [-0.4, -0.2) is 12.5 Å². The van der Waals surface area contributed by atoms with Crippen molar-refractivity contribution in [3.8, 4) is 0 Å². The molecule has 0 aliphatic heterocycles. The SMILES string of the molecule is CCC(CC)C(=O)Nc1ccc(C(C)(C)CN)cc1. The van der Waals surface area contributed by atoms with Crippen molar-refractivity contribution in [3.63, 3.8) is 0 Å². The predicted molar refractivity (Wildman–Crippen MR) is 81.2 cm³/mol. The molecule has 0 spiro atoms. The highest BCUT2D eigenvalue weighted by atomic mass is 16.1. The van der Waals surface area contributed by atoms with Crippen LogP contribution in [0.15, 0.2) is 24.3 Å². The first-order valence-corrected chi connectivity index (χ1v) is 7.06. The molecule has 0 saturated carbocycles. The molecular formula is C16H26N2O. The number of nitrogens with two attached hydrogens (primary N) is 1. The smallest absolute Gasteiger partial charge is 0.227 e. The van der Waals surface area contributed by atoms with E-state index in [2.05, 4.69) is 19.2 Å². The average molecular weight is 262 g/mol. The minimum atomic E-state index is -0.0298. The van der Waals surface area contributed by atoms with Crippen molar-refractivity contribution in [1.82, 2.24) is 0 Å². The summed E-state index contributed by atoms with van der Waals surface area (Å²) in [5.41, 5.74) is 7.78. The van der Waals surface area contributed by atoms with E-state index in [1.165, 1.54) is 5.56 Å². The highest BCUT2D eigenvalue weighted by Crippen LogP contribution is 2.23. The fourth-order valence-corrected chi connectivity index (χ4v) is 2.03. The van der Waals surface area contributed by atoms with Crippen LogP contribution in [0.3, 0.4) is 0 Å². The van der Waals surface area contributed by atoms with E-state index in [1.807, 2.05) is 38.1 Å². The van der Waals surface area contributed by atoms with Crippen LogP contribution < -0.4 is 11.1 Å². The van der Waals surface area contributed by atoms with E-state index in [0.717, 1.165) is 18.5 Å². The Balaban J connectivity index is 2.75. The number of carbonyl (C=O) groups excluding carboxylic acids is 1. The number of nitrogens with one attached hydrogen (secondary N) is 1. The minimum Gasteiger partial charge on any atom is -0.330 e. The van der Waals surface area contributed by atoms with Crippen molar-refractivity contribution in [2.45, 2.75) is 46.0 Å².